The molecule has 0 aliphatic carbocycles. The van der Waals surface area contributed by atoms with Gasteiger partial charge in [-0.2, -0.15) is 0 Å². The number of hydrogen-bond donors (Lipinski definition) is 0. The van der Waals surface area contributed by atoms with E-state index in [2.05, 4.69) is 14.5 Å². The van der Waals surface area contributed by atoms with E-state index in [1.54, 1.807) is 6.20 Å². The second kappa shape index (κ2) is 5.72. The molecule has 6 heteroatoms. The van der Waals surface area contributed by atoms with E-state index in [0.717, 1.165) is 22.7 Å². The van der Waals surface area contributed by atoms with E-state index < -0.39 is 0 Å². The Morgan fingerprint density at radius 1 is 1.00 bits per heavy atom. The van der Waals surface area contributed by atoms with Crippen LogP contribution in [-0.2, 0) is 6.54 Å². The Bertz CT molecular complexity index is 987. The summed E-state index contributed by atoms with van der Waals surface area (Å²) < 4.78 is 3.97. The molecule has 0 saturated carbocycles. The highest BCUT2D eigenvalue weighted by Crippen LogP contribution is 2.22. The van der Waals surface area contributed by atoms with Crippen LogP contribution in [0.1, 0.15) is 5.69 Å². The number of rotatable bonds is 3. The quantitative estimate of drug-likeness (QED) is 0.547. The lowest BCUT2D eigenvalue weighted by molar-refractivity contribution is 0.788. The van der Waals surface area contributed by atoms with Gasteiger partial charge in [-0.3, -0.25) is 0 Å². The van der Waals surface area contributed by atoms with Gasteiger partial charge in [-0.15, -0.1) is 0 Å². The van der Waals surface area contributed by atoms with Gasteiger partial charge in [0.2, 0.25) is 0 Å². The summed E-state index contributed by atoms with van der Waals surface area (Å²) >= 11 is 12.1. The van der Waals surface area contributed by atoms with Gasteiger partial charge in [0.25, 0.3) is 0 Å². The fourth-order valence-electron chi connectivity index (χ4n) is 2.59. The fraction of sp³-hybridized carbons (Fsp3) is 0.0588. The molecule has 0 unspecified atom stereocenters. The van der Waals surface area contributed by atoms with Crippen molar-refractivity contribution in [2.75, 3.05) is 0 Å². The van der Waals surface area contributed by atoms with E-state index in [1.165, 1.54) is 0 Å². The molecule has 0 atom stereocenters. The third-order valence-electron chi connectivity index (χ3n) is 3.60. The second-order valence-electron chi connectivity index (χ2n) is 5.23. The molecular formula is C17H12Cl2N4. The average Bonchev–Trinajstić information content (AvgIpc) is 3.13. The molecule has 0 amide bonds. The third kappa shape index (κ3) is 2.83. The van der Waals surface area contributed by atoms with Crippen molar-refractivity contribution in [2.45, 2.75) is 6.54 Å². The van der Waals surface area contributed by atoms with Gasteiger partial charge in [0, 0.05) is 35.4 Å². The number of imidazole rings is 2. The first-order valence-corrected chi connectivity index (χ1v) is 7.85. The molecule has 3 heterocycles. The lowest BCUT2D eigenvalue weighted by atomic mass is 10.2. The van der Waals surface area contributed by atoms with Gasteiger partial charge >= 0.3 is 0 Å². The van der Waals surface area contributed by atoms with Crippen molar-refractivity contribution in [2.24, 2.45) is 0 Å². The van der Waals surface area contributed by atoms with Crippen LogP contribution in [0.4, 0.5) is 0 Å². The predicted octanol–water partition coefficient (Wildman–Crippen LogP) is 4.55. The van der Waals surface area contributed by atoms with Crippen LogP contribution in [0.2, 0.25) is 10.0 Å². The molecule has 3 aromatic heterocycles. The van der Waals surface area contributed by atoms with Crippen molar-refractivity contribution in [1.82, 2.24) is 18.9 Å². The monoisotopic (exact) mass is 342 g/mol. The minimum absolute atomic E-state index is 0.626. The molecule has 0 spiro atoms. The largest absolute Gasteiger partial charge is 0.325 e. The molecule has 0 bridgehead atoms. The normalized spacial score (nSPS) is 11.2. The van der Waals surface area contributed by atoms with Crippen LogP contribution < -0.4 is 0 Å². The Balaban J connectivity index is 1.70. The van der Waals surface area contributed by atoms with E-state index in [1.807, 2.05) is 59.4 Å². The standard InChI is InChI=1S/C17H12Cl2N4/c18-13-3-1-2-12(8-13)17-20-6-7-22(17)10-15-11-23-9-14(19)4-5-16(23)21-15/h1-9,11H,10H2. The molecule has 0 N–H and O–H groups in total. The maximum absolute atomic E-state index is 6.08. The van der Waals surface area contributed by atoms with E-state index in [4.69, 9.17) is 23.2 Å². The van der Waals surface area contributed by atoms with E-state index in [9.17, 15) is 0 Å². The number of fused-ring (bicyclic) bond motifs is 1. The Morgan fingerprint density at radius 3 is 2.78 bits per heavy atom. The minimum Gasteiger partial charge on any atom is -0.325 e. The molecule has 23 heavy (non-hydrogen) atoms. The zero-order valence-corrected chi connectivity index (χ0v) is 13.5. The zero-order chi connectivity index (χ0) is 15.8. The number of benzene rings is 1. The smallest absolute Gasteiger partial charge is 0.140 e. The first-order valence-electron chi connectivity index (χ1n) is 7.09. The SMILES string of the molecule is Clc1cccc(-c2nccn2Cc2cn3cc(Cl)ccc3n2)c1. The number of halogens is 2. The molecule has 0 fully saturated rings. The van der Waals surface area contributed by atoms with Crippen molar-refractivity contribution in [3.05, 3.63) is 76.9 Å². The molecule has 4 nitrogen and oxygen atoms in total. The molecule has 4 aromatic rings. The summed E-state index contributed by atoms with van der Waals surface area (Å²) in [6, 6.07) is 11.4. The molecule has 0 saturated heterocycles. The van der Waals surface area contributed by atoms with Gasteiger partial charge in [0.15, 0.2) is 0 Å². The van der Waals surface area contributed by atoms with Gasteiger partial charge in [0.1, 0.15) is 11.5 Å². The van der Waals surface area contributed by atoms with Crippen LogP contribution in [-0.4, -0.2) is 18.9 Å². The Morgan fingerprint density at radius 2 is 1.91 bits per heavy atom. The topological polar surface area (TPSA) is 35.1 Å². The number of nitrogens with zero attached hydrogens (tertiary/aromatic N) is 4. The highest BCUT2D eigenvalue weighted by atomic mass is 35.5. The highest BCUT2D eigenvalue weighted by Gasteiger charge is 2.09. The molecule has 1 aromatic carbocycles. The van der Waals surface area contributed by atoms with Crippen molar-refractivity contribution < 1.29 is 0 Å². The second-order valence-corrected chi connectivity index (χ2v) is 6.11. The van der Waals surface area contributed by atoms with Gasteiger partial charge in [-0.1, -0.05) is 35.3 Å². The lowest BCUT2D eigenvalue weighted by Crippen LogP contribution is -2.01. The van der Waals surface area contributed by atoms with Crippen LogP contribution in [0.25, 0.3) is 17.0 Å². The number of aromatic nitrogens is 4. The molecule has 0 aliphatic heterocycles. The van der Waals surface area contributed by atoms with Crippen LogP contribution in [0.3, 0.4) is 0 Å². The molecule has 4 rings (SSSR count). The van der Waals surface area contributed by atoms with Crippen LogP contribution in [0.15, 0.2) is 61.2 Å². The van der Waals surface area contributed by atoms with Gasteiger partial charge < -0.3 is 8.97 Å². The van der Waals surface area contributed by atoms with Crippen molar-refractivity contribution in [3.63, 3.8) is 0 Å². The Labute approximate surface area is 142 Å². The number of hydrogen-bond acceptors (Lipinski definition) is 2. The van der Waals surface area contributed by atoms with Gasteiger partial charge in [-0.25, -0.2) is 9.97 Å². The summed E-state index contributed by atoms with van der Waals surface area (Å²) in [5.74, 6) is 0.864. The van der Waals surface area contributed by atoms with E-state index >= 15 is 0 Å². The summed E-state index contributed by atoms with van der Waals surface area (Å²) in [5, 5.41) is 1.38. The van der Waals surface area contributed by atoms with Crippen molar-refractivity contribution in [3.8, 4) is 11.4 Å². The maximum Gasteiger partial charge on any atom is 0.140 e. The molecule has 0 aliphatic rings. The Hall–Kier alpha value is -2.30. The summed E-state index contributed by atoms with van der Waals surface area (Å²) in [6.45, 7) is 0.626. The highest BCUT2D eigenvalue weighted by molar-refractivity contribution is 6.31. The summed E-state index contributed by atoms with van der Waals surface area (Å²) in [5.41, 5.74) is 2.79. The summed E-state index contributed by atoms with van der Waals surface area (Å²) in [7, 11) is 0. The first-order chi connectivity index (χ1) is 11.2. The van der Waals surface area contributed by atoms with Gasteiger partial charge in [0.05, 0.1) is 17.3 Å². The molecule has 0 radical (unpaired) electrons. The van der Waals surface area contributed by atoms with E-state index in [0.29, 0.717) is 16.6 Å². The number of pyridine rings is 1. The lowest BCUT2D eigenvalue weighted by Gasteiger charge is -2.06. The third-order valence-corrected chi connectivity index (χ3v) is 4.05. The summed E-state index contributed by atoms with van der Waals surface area (Å²) in [4.78, 5) is 9.05. The van der Waals surface area contributed by atoms with Crippen LogP contribution in [0.5, 0.6) is 0 Å². The van der Waals surface area contributed by atoms with Crippen molar-refractivity contribution in [1.29, 1.82) is 0 Å². The van der Waals surface area contributed by atoms with Crippen LogP contribution in [0, 0.1) is 0 Å². The Kier molecular flexibility index (Phi) is 3.56. The molecule has 114 valence electrons. The average molecular weight is 343 g/mol. The first kappa shape index (κ1) is 14.3. The predicted molar refractivity (Wildman–Crippen MR) is 92.0 cm³/mol. The minimum atomic E-state index is 0.626. The van der Waals surface area contributed by atoms with Crippen LogP contribution >= 0.6 is 23.2 Å². The fourth-order valence-corrected chi connectivity index (χ4v) is 2.95. The van der Waals surface area contributed by atoms with Gasteiger partial charge in [-0.05, 0) is 24.3 Å². The molecular weight excluding hydrogens is 331 g/mol. The van der Waals surface area contributed by atoms with Crippen molar-refractivity contribution >= 4 is 28.8 Å². The zero-order valence-electron chi connectivity index (χ0n) is 12.0. The maximum atomic E-state index is 6.08. The van der Waals surface area contributed by atoms with E-state index in [-0.39, 0.29) is 0 Å². The summed E-state index contributed by atoms with van der Waals surface area (Å²) in [6.07, 6.45) is 7.54.